The summed E-state index contributed by atoms with van der Waals surface area (Å²) in [4.78, 5) is 13.5. The van der Waals surface area contributed by atoms with Crippen LogP contribution in [0.3, 0.4) is 0 Å². The van der Waals surface area contributed by atoms with E-state index in [9.17, 15) is 13.6 Å². The summed E-state index contributed by atoms with van der Waals surface area (Å²) in [6, 6.07) is 1.65. The Morgan fingerprint density at radius 2 is 2.00 bits per heavy atom. The van der Waals surface area contributed by atoms with E-state index in [2.05, 4.69) is 0 Å². The van der Waals surface area contributed by atoms with Crippen molar-refractivity contribution >= 4 is 11.6 Å². The molecular weight excluding hydrogens is 254 g/mol. The second kappa shape index (κ2) is 7.04. The van der Waals surface area contributed by atoms with E-state index in [1.54, 1.807) is 6.92 Å². The van der Waals surface area contributed by atoms with E-state index < -0.39 is 17.5 Å². The molecule has 0 saturated carbocycles. The van der Waals surface area contributed by atoms with Crippen LogP contribution in [-0.4, -0.2) is 37.1 Å². The molecule has 0 atom stereocenters. The van der Waals surface area contributed by atoms with Gasteiger partial charge in [-0.3, -0.25) is 4.79 Å². The molecule has 1 amide bonds. The van der Waals surface area contributed by atoms with Crippen LogP contribution in [0.2, 0.25) is 0 Å². The maximum Gasteiger partial charge on any atom is 0.256 e. The van der Waals surface area contributed by atoms with Gasteiger partial charge < -0.3 is 15.4 Å². The lowest BCUT2D eigenvalue weighted by Gasteiger charge is -2.21. The van der Waals surface area contributed by atoms with Crippen LogP contribution in [0.25, 0.3) is 0 Å². The van der Waals surface area contributed by atoms with Gasteiger partial charge in [0.1, 0.15) is 11.6 Å². The zero-order valence-corrected chi connectivity index (χ0v) is 11.1. The standard InChI is InChI=1S/C13H18F2N2O2/c1-3-17(5-6-19-4-2)13(18)9-7-12(16)11(15)8-10(9)14/h7-8H,3-6,16H2,1-2H3. The molecule has 6 heteroatoms. The summed E-state index contributed by atoms with van der Waals surface area (Å²) in [5.41, 5.74) is 4.88. The molecule has 0 radical (unpaired) electrons. The first-order valence-corrected chi connectivity index (χ1v) is 6.12. The first-order chi connectivity index (χ1) is 9.01. The Morgan fingerprint density at radius 1 is 1.32 bits per heavy atom. The molecule has 0 saturated heterocycles. The SMILES string of the molecule is CCOCCN(CC)C(=O)c1cc(N)c(F)cc1F. The fraction of sp³-hybridized carbons (Fsp3) is 0.462. The number of benzene rings is 1. The molecular formula is C13H18F2N2O2. The molecule has 0 spiro atoms. The molecule has 0 aliphatic heterocycles. The Bertz CT molecular complexity index is 453. The maximum atomic E-state index is 13.6. The number of ether oxygens (including phenoxy) is 1. The van der Waals surface area contributed by atoms with Gasteiger partial charge in [0.25, 0.3) is 5.91 Å². The zero-order valence-electron chi connectivity index (χ0n) is 11.1. The highest BCUT2D eigenvalue weighted by Gasteiger charge is 2.19. The molecule has 1 aromatic rings. The monoisotopic (exact) mass is 272 g/mol. The summed E-state index contributed by atoms with van der Waals surface area (Å²) >= 11 is 0. The average Bonchev–Trinajstić information content (AvgIpc) is 2.38. The van der Waals surface area contributed by atoms with Crippen LogP contribution in [0.5, 0.6) is 0 Å². The third kappa shape index (κ3) is 3.89. The smallest absolute Gasteiger partial charge is 0.256 e. The van der Waals surface area contributed by atoms with Crippen molar-refractivity contribution in [3.63, 3.8) is 0 Å². The van der Waals surface area contributed by atoms with Crippen LogP contribution in [-0.2, 0) is 4.74 Å². The molecule has 0 aliphatic carbocycles. The van der Waals surface area contributed by atoms with E-state index >= 15 is 0 Å². The molecule has 0 aromatic heterocycles. The van der Waals surface area contributed by atoms with Gasteiger partial charge in [-0.2, -0.15) is 0 Å². The summed E-state index contributed by atoms with van der Waals surface area (Å²) < 4.78 is 31.8. The molecule has 0 aliphatic rings. The lowest BCUT2D eigenvalue weighted by atomic mass is 10.1. The quantitative estimate of drug-likeness (QED) is 0.637. The highest BCUT2D eigenvalue weighted by molar-refractivity contribution is 5.95. The van der Waals surface area contributed by atoms with Gasteiger partial charge in [0, 0.05) is 25.8 Å². The number of rotatable bonds is 6. The molecule has 0 fully saturated rings. The topological polar surface area (TPSA) is 55.6 Å². The van der Waals surface area contributed by atoms with Crippen LogP contribution in [0, 0.1) is 11.6 Å². The molecule has 1 rings (SSSR count). The van der Waals surface area contributed by atoms with Gasteiger partial charge in [0.2, 0.25) is 0 Å². The zero-order chi connectivity index (χ0) is 14.4. The van der Waals surface area contributed by atoms with Gasteiger partial charge in [0.15, 0.2) is 0 Å². The normalized spacial score (nSPS) is 10.5. The van der Waals surface area contributed by atoms with Crippen molar-refractivity contribution in [3.8, 4) is 0 Å². The Morgan fingerprint density at radius 3 is 2.58 bits per heavy atom. The molecule has 0 heterocycles. The first-order valence-electron chi connectivity index (χ1n) is 6.12. The van der Waals surface area contributed by atoms with Crippen molar-refractivity contribution in [2.75, 3.05) is 32.0 Å². The van der Waals surface area contributed by atoms with E-state index in [0.29, 0.717) is 32.4 Å². The maximum absolute atomic E-state index is 13.6. The minimum Gasteiger partial charge on any atom is -0.396 e. The minimum absolute atomic E-state index is 0.225. The Hall–Kier alpha value is -1.69. The van der Waals surface area contributed by atoms with Crippen molar-refractivity contribution in [1.29, 1.82) is 0 Å². The number of amides is 1. The number of likely N-dealkylation sites (N-methyl/N-ethyl adjacent to an activating group) is 1. The number of nitrogens with two attached hydrogens (primary N) is 1. The van der Waals surface area contributed by atoms with Crippen LogP contribution < -0.4 is 5.73 Å². The third-order valence-corrected chi connectivity index (χ3v) is 2.70. The van der Waals surface area contributed by atoms with Gasteiger partial charge in [0.05, 0.1) is 17.9 Å². The van der Waals surface area contributed by atoms with Crippen molar-refractivity contribution in [1.82, 2.24) is 4.90 Å². The molecule has 2 N–H and O–H groups in total. The fourth-order valence-corrected chi connectivity index (χ4v) is 1.62. The van der Waals surface area contributed by atoms with Crippen molar-refractivity contribution < 1.29 is 18.3 Å². The Kier molecular flexibility index (Phi) is 5.69. The predicted octanol–water partition coefficient (Wildman–Crippen LogP) is 2.05. The Balaban J connectivity index is 2.88. The molecule has 0 bridgehead atoms. The third-order valence-electron chi connectivity index (χ3n) is 2.70. The van der Waals surface area contributed by atoms with Gasteiger partial charge >= 0.3 is 0 Å². The average molecular weight is 272 g/mol. The van der Waals surface area contributed by atoms with E-state index in [-0.39, 0.29) is 11.3 Å². The number of nitrogens with zero attached hydrogens (tertiary/aromatic N) is 1. The summed E-state index contributed by atoms with van der Waals surface area (Å²) in [5.74, 6) is -2.30. The summed E-state index contributed by atoms with van der Waals surface area (Å²) in [6.07, 6.45) is 0. The van der Waals surface area contributed by atoms with Crippen LogP contribution in [0.15, 0.2) is 12.1 Å². The number of hydrogen-bond donors (Lipinski definition) is 1. The van der Waals surface area contributed by atoms with Crippen molar-refractivity contribution in [2.45, 2.75) is 13.8 Å². The number of halogens is 2. The second-order valence-electron chi connectivity index (χ2n) is 3.94. The van der Waals surface area contributed by atoms with Gasteiger partial charge in [-0.25, -0.2) is 8.78 Å². The highest BCUT2D eigenvalue weighted by Crippen LogP contribution is 2.18. The van der Waals surface area contributed by atoms with Gasteiger partial charge in [-0.05, 0) is 19.9 Å². The van der Waals surface area contributed by atoms with Gasteiger partial charge in [-0.1, -0.05) is 0 Å². The lowest BCUT2D eigenvalue weighted by molar-refractivity contribution is 0.0665. The Labute approximate surface area is 111 Å². The number of hydrogen-bond acceptors (Lipinski definition) is 3. The van der Waals surface area contributed by atoms with E-state index in [4.69, 9.17) is 10.5 Å². The number of nitrogen functional groups attached to an aromatic ring is 1. The summed E-state index contributed by atoms with van der Waals surface area (Å²) in [5, 5.41) is 0. The summed E-state index contributed by atoms with van der Waals surface area (Å²) in [7, 11) is 0. The lowest BCUT2D eigenvalue weighted by Crippen LogP contribution is -2.34. The number of anilines is 1. The highest BCUT2D eigenvalue weighted by atomic mass is 19.1. The number of carbonyl (C=O) groups is 1. The number of carbonyl (C=O) groups excluding carboxylic acids is 1. The fourth-order valence-electron chi connectivity index (χ4n) is 1.62. The van der Waals surface area contributed by atoms with Crippen LogP contribution in [0.4, 0.5) is 14.5 Å². The molecule has 0 unspecified atom stereocenters. The predicted molar refractivity (Wildman–Crippen MR) is 68.8 cm³/mol. The van der Waals surface area contributed by atoms with Crippen molar-refractivity contribution in [2.24, 2.45) is 0 Å². The molecule has 19 heavy (non-hydrogen) atoms. The van der Waals surface area contributed by atoms with E-state index in [1.807, 2.05) is 6.92 Å². The minimum atomic E-state index is -0.911. The molecule has 1 aromatic carbocycles. The molecule has 106 valence electrons. The molecule has 4 nitrogen and oxygen atoms in total. The van der Waals surface area contributed by atoms with E-state index in [0.717, 1.165) is 6.07 Å². The van der Waals surface area contributed by atoms with Gasteiger partial charge in [-0.15, -0.1) is 0 Å². The van der Waals surface area contributed by atoms with Crippen molar-refractivity contribution in [3.05, 3.63) is 29.3 Å². The summed E-state index contributed by atoms with van der Waals surface area (Å²) in [6.45, 7) is 5.29. The van der Waals surface area contributed by atoms with Crippen LogP contribution in [0.1, 0.15) is 24.2 Å². The first kappa shape index (κ1) is 15.4. The second-order valence-corrected chi connectivity index (χ2v) is 3.94. The van der Waals surface area contributed by atoms with Crippen LogP contribution >= 0.6 is 0 Å². The van der Waals surface area contributed by atoms with E-state index in [1.165, 1.54) is 4.90 Å². The largest absolute Gasteiger partial charge is 0.396 e.